The maximum atomic E-state index is 12.2. The first kappa shape index (κ1) is 18.2. The molecule has 1 unspecified atom stereocenters. The third kappa shape index (κ3) is 5.20. The summed E-state index contributed by atoms with van der Waals surface area (Å²) >= 11 is 0. The summed E-state index contributed by atoms with van der Waals surface area (Å²) in [7, 11) is 0. The van der Waals surface area contributed by atoms with E-state index < -0.39 is 0 Å². The second-order valence-electron chi connectivity index (χ2n) is 5.92. The van der Waals surface area contributed by atoms with Crippen LogP contribution in [-0.4, -0.2) is 12.6 Å². The molecule has 0 radical (unpaired) electrons. The predicted octanol–water partition coefficient (Wildman–Crippen LogP) is 5.35. The Balaban J connectivity index is 1.96. The number of hydrogen-bond donors (Lipinski definition) is 0. The van der Waals surface area contributed by atoms with Crippen LogP contribution >= 0.6 is 0 Å². The number of carbonyl (C=O) groups excluding carboxylic acids is 1. The predicted molar refractivity (Wildman–Crippen MR) is 96.5 cm³/mol. The molecule has 0 aliphatic carbocycles. The first-order chi connectivity index (χ1) is 11.6. The number of aryl methyl sites for hydroxylation is 1. The van der Waals surface area contributed by atoms with Gasteiger partial charge in [-0.25, -0.2) is 4.79 Å². The molecule has 24 heavy (non-hydrogen) atoms. The zero-order valence-corrected chi connectivity index (χ0v) is 14.7. The SMILES string of the molecule is CCCOC(C)c1ccc(OC(=O)c2ccc(CCC)cc2)cc1. The molecule has 0 saturated carbocycles. The summed E-state index contributed by atoms with van der Waals surface area (Å²) < 4.78 is 11.1. The smallest absolute Gasteiger partial charge is 0.343 e. The number of hydrogen-bond acceptors (Lipinski definition) is 3. The molecule has 128 valence electrons. The fourth-order valence-electron chi connectivity index (χ4n) is 2.46. The van der Waals surface area contributed by atoms with Crippen LogP contribution in [-0.2, 0) is 11.2 Å². The highest BCUT2D eigenvalue weighted by Crippen LogP contribution is 2.21. The van der Waals surface area contributed by atoms with Gasteiger partial charge in [-0.15, -0.1) is 0 Å². The summed E-state index contributed by atoms with van der Waals surface area (Å²) in [4.78, 5) is 12.2. The molecule has 3 heteroatoms. The van der Waals surface area contributed by atoms with Gasteiger partial charge in [-0.05, 0) is 55.2 Å². The average Bonchev–Trinajstić information content (AvgIpc) is 2.61. The molecule has 0 heterocycles. The first-order valence-electron chi connectivity index (χ1n) is 8.66. The van der Waals surface area contributed by atoms with Gasteiger partial charge in [-0.1, -0.05) is 44.5 Å². The number of benzene rings is 2. The quantitative estimate of drug-likeness (QED) is 0.485. The lowest BCUT2D eigenvalue weighted by Gasteiger charge is -2.13. The van der Waals surface area contributed by atoms with Crippen molar-refractivity contribution in [3.05, 3.63) is 65.2 Å². The third-order valence-corrected chi connectivity index (χ3v) is 3.86. The minimum atomic E-state index is -0.332. The Kier molecular flexibility index (Phi) is 7.01. The Labute approximate surface area is 144 Å². The zero-order chi connectivity index (χ0) is 17.4. The highest BCUT2D eigenvalue weighted by Gasteiger charge is 2.10. The van der Waals surface area contributed by atoms with Crippen LogP contribution in [0.1, 0.15) is 61.2 Å². The van der Waals surface area contributed by atoms with Gasteiger partial charge >= 0.3 is 5.97 Å². The molecule has 0 aliphatic rings. The van der Waals surface area contributed by atoms with E-state index in [9.17, 15) is 4.79 Å². The Morgan fingerprint density at radius 3 is 2.21 bits per heavy atom. The molecule has 2 rings (SSSR count). The van der Waals surface area contributed by atoms with E-state index in [2.05, 4.69) is 13.8 Å². The minimum Gasteiger partial charge on any atom is -0.423 e. The van der Waals surface area contributed by atoms with Crippen LogP contribution in [0.3, 0.4) is 0 Å². The molecule has 2 aromatic carbocycles. The van der Waals surface area contributed by atoms with Crippen molar-refractivity contribution in [3.63, 3.8) is 0 Å². The van der Waals surface area contributed by atoms with Crippen molar-refractivity contribution in [1.82, 2.24) is 0 Å². The summed E-state index contributed by atoms with van der Waals surface area (Å²) in [6.45, 7) is 6.99. The number of carbonyl (C=O) groups is 1. The number of esters is 1. The van der Waals surface area contributed by atoms with Crippen molar-refractivity contribution in [3.8, 4) is 5.75 Å². The van der Waals surface area contributed by atoms with Crippen molar-refractivity contribution in [2.24, 2.45) is 0 Å². The van der Waals surface area contributed by atoms with Crippen LogP contribution in [0, 0.1) is 0 Å². The highest BCUT2D eigenvalue weighted by atomic mass is 16.5. The van der Waals surface area contributed by atoms with Crippen LogP contribution in [0.15, 0.2) is 48.5 Å². The van der Waals surface area contributed by atoms with Crippen molar-refractivity contribution < 1.29 is 14.3 Å². The van der Waals surface area contributed by atoms with E-state index in [-0.39, 0.29) is 12.1 Å². The van der Waals surface area contributed by atoms with E-state index in [4.69, 9.17) is 9.47 Å². The Morgan fingerprint density at radius 1 is 0.958 bits per heavy atom. The summed E-state index contributed by atoms with van der Waals surface area (Å²) in [5.41, 5.74) is 2.88. The Morgan fingerprint density at radius 2 is 1.62 bits per heavy atom. The van der Waals surface area contributed by atoms with Crippen LogP contribution in [0.4, 0.5) is 0 Å². The minimum absolute atomic E-state index is 0.0424. The lowest BCUT2D eigenvalue weighted by Crippen LogP contribution is -2.08. The van der Waals surface area contributed by atoms with Gasteiger partial charge in [0.05, 0.1) is 11.7 Å². The molecule has 0 aliphatic heterocycles. The topological polar surface area (TPSA) is 35.5 Å². The summed E-state index contributed by atoms with van der Waals surface area (Å²) in [6, 6.07) is 15.1. The highest BCUT2D eigenvalue weighted by molar-refractivity contribution is 5.91. The molecule has 0 aromatic heterocycles. The lowest BCUT2D eigenvalue weighted by atomic mass is 10.1. The fraction of sp³-hybridized carbons (Fsp3) is 0.381. The third-order valence-electron chi connectivity index (χ3n) is 3.86. The zero-order valence-electron chi connectivity index (χ0n) is 14.7. The fourth-order valence-corrected chi connectivity index (χ4v) is 2.46. The molecule has 0 spiro atoms. The second kappa shape index (κ2) is 9.24. The molecule has 2 aromatic rings. The Bertz CT molecular complexity index is 629. The Hall–Kier alpha value is -2.13. The van der Waals surface area contributed by atoms with Crippen LogP contribution in [0.5, 0.6) is 5.75 Å². The molecule has 0 bridgehead atoms. The van der Waals surface area contributed by atoms with Crippen molar-refractivity contribution >= 4 is 5.97 Å². The van der Waals surface area contributed by atoms with E-state index in [1.807, 2.05) is 55.5 Å². The van der Waals surface area contributed by atoms with Gasteiger partial charge in [0.25, 0.3) is 0 Å². The molecule has 0 amide bonds. The van der Waals surface area contributed by atoms with Crippen molar-refractivity contribution in [2.75, 3.05) is 6.61 Å². The van der Waals surface area contributed by atoms with E-state index in [1.165, 1.54) is 5.56 Å². The molecule has 3 nitrogen and oxygen atoms in total. The van der Waals surface area contributed by atoms with Gasteiger partial charge < -0.3 is 9.47 Å². The first-order valence-corrected chi connectivity index (χ1v) is 8.66. The van der Waals surface area contributed by atoms with Crippen LogP contribution in [0.25, 0.3) is 0 Å². The van der Waals surface area contributed by atoms with E-state index in [0.717, 1.165) is 31.4 Å². The molecule has 0 saturated heterocycles. The molecular weight excluding hydrogens is 300 g/mol. The summed E-state index contributed by atoms with van der Waals surface area (Å²) in [5.74, 6) is 0.213. The van der Waals surface area contributed by atoms with Crippen LogP contribution in [0.2, 0.25) is 0 Å². The molecule has 0 fully saturated rings. The number of ether oxygens (including phenoxy) is 2. The van der Waals surface area contributed by atoms with Gasteiger partial charge in [0.2, 0.25) is 0 Å². The van der Waals surface area contributed by atoms with Crippen molar-refractivity contribution in [2.45, 2.75) is 46.1 Å². The largest absolute Gasteiger partial charge is 0.423 e. The lowest BCUT2D eigenvalue weighted by molar-refractivity contribution is 0.0662. The standard InChI is InChI=1S/C21H26O3/c1-4-6-17-7-9-19(10-8-17)21(22)24-20-13-11-18(12-14-20)16(3)23-15-5-2/h7-14,16H,4-6,15H2,1-3H3. The van der Waals surface area contributed by atoms with Gasteiger partial charge in [-0.2, -0.15) is 0 Å². The molecule has 0 N–H and O–H groups in total. The average molecular weight is 326 g/mol. The van der Waals surface area contributed by atoms with Gasteiger partial charge in [0.1, 0.15) is 5.75 Å². The van der Waals surface area contributed by atoms with Gasteiger partial charge in [-0.3, -0.25) is 0 Å². The maximum Gasteiger partial charge on any atom is 0.343 e. The normalized spacial score (nSPS) is 12.0. The molecular formula is C21H26O3. The van der Waals surface area contributed by atoms with Crippen LogP contribution < -0.4 is 4.74 Å². The molecule has 1 atom stereocenters. The monoisotopic (exact) mass is 326 g/mol. The van der Waals surface area contributed by atoms with E-state index in [1.54, 1.807) is 0 Å². The van der Waals surface area contributed by atoms with Gasteiger partial charge in [0.15, 0.2) is 0 Å². The van der Waals surface area contributed by atoms with E-state index in [0.29, 0.717) is 11.3 Å². The second-order valence-corrected chi connectivity index (χ2v) is 5.92. The number of rotatable bonds is 8. The maximum absolute atomic E-state index is 12.2. The van der Waals surface area contributed by atoms with Crippen molar-refractivity contribution in [1.29, 1.82) is 0 Å². The summed E-state index contributed by atoms with van der Waals surface area (Å²) in [6.07, 6.45) is 3.16. The van der Waals surface area contributed by atoms with Gasteiger partial charge in [0, 0.05) is 6.61 Å². The summed E-state index contributed by atoms with van der Waals surface area (Å²) in [5, 5.41) is 0. The van der Waals surface area contributed by atoms with E-state index >= 15 is 0 Å².